The highest BCUT2D eigenvalue weighted by Gasteiger charge is 2.24. The predicted octanol–water partition coefficient (Wildman–Crippen LogP) is 5.75. The molecule has 0 fully saturated rings. The van der Waals surface area contributed by atoms with E-state index in [9.17, 15) is 9.18 Å². The largest absolute Gasteiger partial charge is 0.494 e. The number of H-pyrrole nitrogens is 1. The second kappa shape index (κ2) is 10.3. The fourth-order valence-electron chi connectivity index (χ4n) is 3.67. The van der Waals surface area contributed by atoms with Crippen molar-refractivity contribution in [2.45, 2.75) is 36.8 Å². The molecule has 4 aromatic rings. The van der Waals surface area contributed by atoms with Crippen LogP contribution >= 0.6 is 11.8 Å². The number of anilines is 1. The highest BCUT2D eigenvalue weighted by atomic mass is 32.2. The molecule has 0 spiro atoms. The number of amides is 1. The van der Waals surface area contributed by atoms with Gasteiger partial charge in [0.05, 0.1) is 24.8 Å². The van der Waals surface area contributed by atoms with Crippen LogP contribution in [0.15, 0.2) is 65.6 Å². The number of benzene rings is 3. The van der Waals surface area contributed by atoms with Crippen LogP contribution in [0.3, 0.4) is 0 Å². The number of thioether (sulfide) groups is 1. The van der Waals surface area contributed by atoms with E-state index in [2.05, 4.69) is 46.7 Å². The van der Waals surface area contributed by atoms with Gasteiger partial charge in [0.15, 0.2) is 11.6 Å². The minimum Gasteiger partial charge on any atom is -0.494 e. The number of nitrogens with one attached hydrogen (secondary N) is 2. The van der Waals surface area contributed by atoms with Gasteiger partial charge in [0.25, 0.3) is 0 Å². The quantitative estimate of drug-likeness (QED) is 0.320. The molecule has 0 saturated carbocycles. The molecule has 2 N–H and O–H groups in total. The Morgan fingerprint density at radius 1 is 1.11 bits per heavy atom. The van der Waals surface area contributed by atoms with E-state index in [4.69, 9.17) is 4.74 Å². The highest BCUT2D eigenvalue weighted by molar-refractivity contribution is 8.00. The van der Waals surface area contributed by atoms with Crippen molar-refractivity contribution in [3.05, 3.63) is 72.0 Å². The van der Waals surface area contributed by atoms with Crippen LogP contribution in [-0.4, -0.2) is 38.4 Å². The Bertz CT molecular complexity index is 1320. The second-order valence-electron chi connectivity index (χ2n) is 8.87. The summed E-state index contributed by atoms with van der Waals surface area (Å²) in [7, 11) is 1.40. The number of methoxy groups -OCH3 is 1. The number of carbonyl (C=O) groups is 1. The van der Waals surface area contributed by atoms with Crippen LogP contribution in [0.4, 0.5) is 10.1 Å². The molecule has 180 valence electrons. The van der Waals surface area contributed by atoms with Crippen LogP contribution in [-0.2, 0) is 11.2 Å². The Morgan fingerprint density at radius 2 is 1.89 bits per heavy atom. The van der Waals surface area contributed by atoms with Crippen molar-refractivity contribution in [3.63, 3.8) is 0 Å². The number of hydrogen-bond donors (Lipinski definition) is 2. The number of carbonyl (C=O) groups excluding carboxylic acids is 1. The van der Waals surface area contributed by atoms with Crippen LogP contribution in [0.25, 0.3) is 22.5 Å². The Kier molecular flexibility index (Phi) is 7.16. The number of ether oxygens (including phenoxy) is 1. The molecule has 0 aliphatic heterocycles. The summed E-state index contributed by atoms with van der Waals surface area (Å²) >= 11 is 1.62. The average molecular weight is 492 g/mol. The highest BCUT2D eigenvalue weighted by Crippen LogP contribution is 2.45. The van der Waals surface area contributed by atoms with Gasteiger partial charge in [-0.05, 0) is 40.1 Å². The van der Waals surface area contributed by atoms with Crippen molar-refractivity contribution in [1.29, 1.82) is 0 Å². The van der Waals surface area contributed by atoms with Gasteiger partial charge in [0.2, 0.25) is 11.7 Å². The summed E-state index contributed by atoms with van der Waals surface area (Å²) < 4.78 is 19.0. The molecular weight excluding hydrogens is 465 g/mol. The number of hydrogen-bond acceptors (Lipinski definition) is 6. The summed E-state index contributed by atoms with van der Waals surface area (Å²) in [5.41, 5.74) is 3.59. The molecular formula is C26H26FN5O2S. The van der Waals surface area contributed by atoms with Gasteiger partial charge in [-0.1, -0.05) is 63.2 Å². The average Bonchev–Trinajstić information content (AvgIpc) is 3.34. The normalized spacial score (nSPS) is 11.3. The number of nitrogens with zero attached hydrogens (tertiary/aromatic N) is 3. The molecule has 0 saturated heterocycles. The Labute approximate surface area is 207 Å². The molecule has 0 aliphatic rings. The third kappa shape index (κ3) is 5.86. The second-order valence-corrected chi connectivity index (χ2v) is 10.7. The number of aromatic nitrogens is 4. The zero-order valence-corrected chi connectivity index (χ0v) is 20.7. The molecule has 35 heavy (non-hydrogen) atoms. The third-order valence-electron chi connectivity index (χ3n) is 5.08. The van der Waals surface area contributed by atoms with Crippen LogP contribution in [0.5, 0.6) is 5.75 Å². The van der Waals surface area contributed by atoms with Crippen LogP contribution in [0.1, 0.15) is 26.3 Å². The Morgan fingerprint density at radius 3 is 2.51 bits per heavy atom. The number of aromatic amines is 1. The van der Waals surface area contributed by atoms with E-state index in [1.54, 1.807) is 17.8 Å². The smallest absolute Gasteiger partial charge is 0.228 e. The van der Waals surface area contributed by atoms with E-state index in [1.807, 2.05) is 42.5 Å². The van der Waals surface area contributed by atoms with E-state index in [0.29, 0.717) is 22.6 Å². The summed E-state index contributed by atoms with van der Waals surface area (Å²) in [5, 5.41) is 17.8. The monoisotopic (exact) mass is 491 g/mol. The van der Waals surface area contributed by atoms with Crippen molar-refractivity contribution in [1.82, 2.24) is 20.6 Å². The molecule has 0 atom stereocenters. The first-order valence-corrected chi connectivity index (χ1v) is 11.8. The minimum absolute atomic E-state index is 0.0121. The Balaban J connectivity index is 1.79. The van der Waals surface area contributed by atoms with Crippen LogP contribution < -0.4 is 10.1 Å². The van der Waals surface area contributed by atoms with E-state index in [1.165, 1.54) is 19.2 Å². The molecule has 0 bridgehead atoms. The lowest BCUT2D eigenvalue weighted by atomic mass is 9.97. The summed E-state index contributed by atoms with van der Waals surface area (Å²) in [4.78, 5) is 14.1. The first kappa shape index (κ1) is 24.4. The molecule has 0 aliphatic carbocycles. The van der Waals surface area contributed by atoms with Gasteiger partial charge in [-0.2, -0.15) is 5.21 Å². The zero-order chi connectivity index (χ0) is 25.0. The standard InChI is InChI=1S/C26H26FN5O2S/c1-26(2,3)35-21-13-11-18(17-8-6-5-7-9-17)23(25-29-31-32-30-25)24(21)28-22(33)15-16-10-12-20(34-4)19(27)14-16/h5-14H,15H2,1-4H3,(H,28,33)(H,29,30,31,32). The minimum atomic E-state index is -0.514. The van der Waals surface area contributed by atoms with Crippen molar-refractivity contribution in [2.24, 2.45) is 0 Å². The summed E-state index contributed by atoms with van der Waals surface area (Å²) in [6.45, 7) is 6.30. The van der Waals surface area contributed by atoms with Crippen LogP contribution in [0.2, 0.25) is 0 Å². The number of halogens is 1. The topological polar surface area (TPSA) is 92.8 Å². The molecule has 1 aromatic heterocycles. The van der Waals surface area contributed by atoms with Gasteiger partial charge >= 0.3 is 0 Å². The van der Waals surface area contributed by atoms with Gasteiger partial charge in [-0.15, -0.1) is 22.0 Å². The number of rotatable bonds is 7. The molecule has 1 heterocycles. The van der Waals surface area contributed by atoms with E-state index in [0.717, 1.165) is 16.0 Å². The molecule has 1 amide bonds. The zero-order valence-electron chi connectivity index (χ0n) is 19.9. The van der Waals surface area contributed by atoms with Gasteiger partial charge in [-0.3, -0.25) is 4.79 Å². The van der Waals surface area contributed by atoms with Crippen molar-refractivity contribution < 1.29 is 13.9 Å². The van der Waals surface area contributed by atoms with E-state index >= 15 is 0 Å². The van der Waals surface area contributed by atoms with Gasteiger partial charge in [0.1, 0.15) is 0 Å². The third-order valence-corrected chi connectivity index (χ3v) is 6.25. The maximum Gasteiger partial charge on any atom is 0.228 e. The maximum absolute atomic E-state index is 14.2. The van der Waals surface area contributed by atoms with Gasteiger partial charge in [0, 0.05) is 9.64 Å². The van der Waals surface area contributed by atoms with Crippen molar-refractivity contribution >= 4 is 23.4 Å². The molecule has 0 unspecified atom stereocenters. The lowest BCUT2D eigenvalue weighted by molar-refractivity contribution is -0.115. The summed E-state index contributed by atoms with van der Waals surface area (Å²) in [6, 6.07) is 18.3. The first-order valence-electron chi connectivity index (χ1n) is 11.0. The van der Waals surface area contributed by atoms with E-state index in [-0.39, 0.29) is 22.8 Å². The van der Waals surface area contributed by atoms with Crippen LogP contribution in [0, 0.1) is 5.82 Å². The Hall–Kier alpha value is -3.72. The molecule has 4 rings (SSSR count). The van der Waals surface area contributed by atoms with Gasteiger partial charge in [-0.25, -0.2) is 4.39 Å². The lowest BCUT2D eigenvalue weighted by Crippen LogP contribution is -2.17. The fourth-order valence-corrected chi connectivity index (χ4v) is 4.72. The molecule has 0 radical (unpaired) electrons. The number of tetrazole rings is 1. The predicted molar refractivity (Wildman–Crippen MR) is 136 cm³/mol. The molecule has 7 nitrogen and oxygen atoms in total. The first-order chi connectivity index (χ1) is 16.7. The summed E-state index contributed by atoms with van der Waals surface area (Å²) in [5.74, 6) is -0.306. The van der Waals surface area contributed by atoms with Crippen molar-refractivity contribution in [3.8, 4) is 28.3 Å². The van der Waals surface area contributed by atoms with Gasteiger partial charge < -0.3 is 10.1 Å². The lowest BCUT2D eigenvalue weighted by Gasteiger charge is -2.23. The maximum atomic E-state index is 14.2. The SMILES string of the molecule is COc1ccc(CC(=O)Nc2c(SC(C)(C)C)ccc(-c3ccccc3)c2-c2nn[nH]n2)cc1F. The van der Waals surface area contributed by atoms with Crippen molar-refractivity contribution in [2.75, 3.05) is 12.4 Å². The fraction of sp³-hybridized carbons (Fsp3) is 0.231. The molecule has 3 aromatic carbocycles. The van der Waals surface area contributed by atoms with E-state index < -0.39 is 5.82 Å². The summed E-state index contributed by atoms with van der Waals surface area (Å²) in [6.07, 6.45) is -0.0121. The molecule has 9 heteroatoms.